The quantitative estimate of drug-likeness (QED) is 0.749. The molecular weight excluding hydrogens is 238 g/mol. The largest absolute Gasteiger partial charge is 0.377 e. The Kier molecular flexibility index (Phi) is 4.40. The molecule has 0 aromatic heterocycles. The van der Waals surface area contributed by atoms with Gasteiger partial charge in [0.1, 0.15) is 0 Å². The molecule has 6 heteroatoms. The van der Waals surface area contributed by atoms with Crippen molar-refractivity contribution in [1.29, 1.82) is 0 Å². The van der Waals surface area contributed by atoms with Crippen LogP contribution in [0.25, 0.3) is 0 Å². The lowest BCUT2D eigenvalue weighted by molar-refractivity contribution is 0.127. The summed E-state index contributed by atoms with van der Waals surface area (Å²) in [5.41, 5.74) is -0.598. The van der Waals surface area contributed by atoms with E-state index in [1.165, 1.54) is 0 Å². The lowest BCUT2D eigenvalue weighted by atomic mass is 10.1. The zero-order valence-corrected chi connectivity index (χ0v) is 10.7. The van der Waals surface area contributed by atoms with Gasteiger partial charge in [-0.15, -0.1) is 11.6 Å². The molecule has 0 spiro atoms. The van der Waals surface area contributed by atoms with Gasteiger partial charge in [-0.3, -0.25) is 0 Å². The second-order valence-electron chi connectivity index (χ2n) is 4.54. The molecule has 1 aliphatic heterocycles. The molecule has 1 rings (SSSR count). The maximum Gasteiger partial charge on any atom is 0.214 e. The molecule has 0 aliphatic carbocycles. The van der Waals surface area contributed by atoms with E-state index in [2.05, 4.69) is 4.72 Å². The van der Waals surface area contributed by atoms with Crippen molar-refractivity contribution in [1.82, 2.24) is 4.72 Å². The number of rotatable bonds is 5. The third-order valence-corrected chi connectivity index (χ3v) is 4.54. The molecule has 1 heterocycles. The maximum absolute atomic E-state index is 11.7. The average Bonchev–Trinajstić information content (AvgIpc) is 2.54. The van der Waals surface area contributed by atoms with E-state index in [-0.39, 0.29) is 17.7 Å². The first-order valence-corrected chi connectivity index (χ1v) is 7.22. The molecule has 0 aromatic rings. The summed E-state index contributed by atoms with van der Waals surface area (Å²) in [6.07, 6.45) is 1.61. The van der Waals surface area contributed by atoms with Gasteiger partial charge in [0.05, 0.1) is 11.9 Å². The van der Waals surface area contributed by atoms with Gasteiger partial charge in [-0.05, 0) is 26.7 Å². The van der Waals surface area contributed by atoms with E-state index in [9.17, 15) is 8.42 Å². The minimum atomic E-state index is -3.29. The molecule has 15 heavy (non-hydrogen) atoms. The van der Waals surface area contributed by atoms with Crippen molar-refractivity contribution in [3.8, 4) is 0 Å². The highest BCUT2D eigenvalue weighted by Gasteiger charge is 2.28. The van der Waals surface area contributed by atoms with E-state index in [1.807, 2.05) is 0 Å². The van der Waals surface area contributed by atoms with Crippen LogP contribution in [0.4, 0.5) is 0 Å². The van der Waals surface area contributed by atoms with Crippen molar-refractivity contribution in [3.63, 3.8) is 0 Å². The normalized spacial score (nSPS) is 23.3. The predicted octanol–water partition coefficient (Wildman–Crippen LogP) is 1.10. The van der Waals surface area contributed by atoms with Crippen LogP contribution in [0.2, 0.25) is 0 Å². The van der Waals surface area contributed by atoms with Crippen LogP contribution in [0, 0.1) is 0 Å². The molecule has 0 bridgehead atoms. The lowest BCUT2D eigenvalue weighted by Crippen LogP contribution is -2.47. The fourth-order valence-corrected chi connectivity index (χ4v) is 3.41. The van der Waals surface area contributed by atoms with E-state index < -0.39 is 15.6 Å². The van der Waals surface area contributed by atoms with Gasteiger partial charge in [-0.2, -0.15) is 0 Å². The van der Waals surface area contributed by atoms with E-state index in [0.717, 1.165) is 12.8 Å². The summed E-state index contributed by atoms with van der Waals surface area (Å²) in [4.78, 5) is 0. The van der Waals surface area contributed by atoms with Crippen molar-refractivity contribution >= 4 is 21.6 Å². The lowest BCUT2D eigenvalue weighted by Gasteiger charge is -2.23. The summed E-state index contributed by atoms with van der Waals surface area (Å²) < 4.78 is 31.3. The summed E-state index contributed by atoms with van der Waals surface area (Å²) >= 11 is 5.66. The molecule has 0 aromatic carbocycles. The Morgan fingerprint density at radius 3 is 2.67 bits per heavy atom. The predicted molar refractivity (Wildman–Crippen MR) is 60.7 cm³/mol. The van der Waals surface area contributed by atoms with Crippen LogP contribution in [-0.2, 0) is 14.8 Å². The fraction of sp³-hybridized carbons (Fsp3) is 1.00. The number of ether oxygens (including phenoxy) is 1. The molecule has 90 valence electrons. The minimum Gasteiger partial charge on any atom is -0.377 e. The van der Waals surface area contributed by atoms with Crippen molar-refractivity contribution in [3.05, 3.63) is 0 Å². The zero-order valence-electron chi connectivity index (χ0n) is 9.12. The van der Waals surface area contributed by atoms with Gasteiger partial charge >= 0.3 is 0 Å². The third kappa shape index (κ3) is 4.68. The summed E-state index contributed by atoms with van der Waals surface area (Å²) in [5.74, 6) is 0.283. The van der Waals surface area contributed by atoms with Crippen molar-refractivity contribution < 1.29 is 13.2 Å². The van der Waals surface area contributed by atoms with Crippen molar-refractivity contribution in [2.24, 2.45) is 0 Å². The van der Waals surface area contributed by atoms with Gasteiger partial charge in [0.2, 0.25) is 10.0 Å². The minimum absolute atomic E-state index is 0.0350. The summed E-state index contributed by atoms with van der Waals surface area (Å²) in [7, 11) is -3.29. The molecule has 1 saturated heterocycles. The van der Waals surface area contributed by atoms with Crippen LogP contribution in [0.1, 0.15) is 26.7 Å². The molecule has 4 nitrogen and oxygen atoms in total. The molecule has 1 unspecified atom stereocenters. The average molecular weight is 256 g/mol. The number of sulfonamides is 1. The third-order valence-electron chi connectivity index (χ3n) is 2.20. The molecule has 1 aliphatic rings. The van der Waals surface area contributed by atoms with Crippen LogP contribution in [0.15, 0.2) is 0 Å². The first-order chi connectivity index (χ1) is 6.85. The summed E-state index contributed by atoms with van der Waals surface area (Å²) in [6.45, 7) is 4.18. The second kappa shape index (κ2) is 4.99. The molecule has 0 amide bonds. The zero-order chi connectivity index (χ0) is 11.5. The number of alkyl halides is 1. The number of halogens is 1. The molecule has 0 saturated carbocycles. The van der Waals surface area contributed by atoms with Gasteiger partial charge in [0.25, 0.3) is 0 Å². The van der Waals surface area contributed by atoms with Gasteiger partial charge in [0, 0.05) is 18.0 Å². The van der Waals surface area contributed by atoms with Crippen LogP contribution < -0.4 is 4.72 Å². The molecule has 1 N–H and O–H groups in total. The highest BCUT2D eigenvalue weighted by molar-refractivity contribution is 7.89. The second-order valence-corrected chi connectivity index (χ2v) is 6.57. The number of hydrogen-bond acceptors (Lipinski definition) is 3. The topological polar surface area (TPSA) is 55.4 Å². The summed E-state index contributed by atoms with van der Waals surface area (Å²) in [5, 5.41) is 0. The monoisotopic (exact) mass is 255 g/mol. The Morgan fingerprint density at radius 1 is 1.53 bits per heavy atom. The molecule has 0 radical (unpaired) electrons. The fourth-order valence-electron chi connectivity index (χ4n) is 1.51. The van der Waals surface area contributed by atoms with Gasteiger partial charge in [0.15, 0.2) is 0 Å². The van der Waals surface area contributed by atoms with Crippen LogP contribution >= 0.6 is 11.6 Å². The maximum atomic E-state index is 11.7. The van der Waals surface area contributed by atoms with E-state index in [0.29, 0.717) is 6.61 Å². The van der Waals surface area contributed by atoms with Crippen LogP contribution in [0.3, 0.4) is 0 Å². The first kappa shape index (κ1) is 13.2. The van der Waals surface area contributed by atoms with Gasteiger partial charge < -0.3 is 4.74 Å². The molecule has 1 atom stereocenters. The van der Waals surface area contributed by atoms with Crippen molar-refractivity contribution in [2.45, 2.75) is 38.3 Å². The van der Waals surface area contributed by atoms with E-state index in [1.54, 1.807) is 13.8 Å². The number of hydrogen-bond donors (Lipinski definition) is 1. The van der Waals surface area contributed by atoms with Gasteiger partial charge in [-0.25, -0.2) is 13.1 Å². The van der Waals surface area contributed by atoms with Crippen LogP contribution in [0.5, 0.6) is 0 Å². The summed E-state index contributed by atoms with van der Waals surface area (Å²) in [6, 6.07) is 0. The Bertz CT molecular complexity index is 296. The van der Waals surface area contributed by atoms with Gasteiger partial charge in [-0.1, -0.05) is 0 Å². The molecular formula is C9H18ClNO3S. The smallest absolute Gasteiger partial charge is 0.214 e. The highest BCUT2D eigenvalue weighted by atomic mass is 35.5. The standard InChI is InChI=1S/C9H18ClNO3S/c1-9(2,7-10)11-15(12,13)6-8-4-3-5-14-8/h8,11H,3-7H2,1-2H3. The Balaban J connectivity index is 2.51. The van der Waals surface area contributed by atoms with E-state index >= 15 is 0 Å². The Labute approximate surface area is 96.4 Å². The van der Waals surface area contributed by atoms with E-state index in [4.69, 9.17) is 16.3 Å². The Morgan fingerprint density at radius 2 is 2.20 bits per heavy atom. The Hall–Kier alpha value is 0.160. The number of nitrogens with one attached hydrogen (secondary N) is 1. The highest BCUT2D eigenvalue weighted by Crippen LogP contribution is 2.15. The SMILES string of the molecule is CC(C)(CCl)NS(=O)(=O)CC1CCCO1. The first-order valence-electron chi connectivity index (χ1n) is 5.04. The van der Waals surface area contributed by atoms with Crippen molar-refractivity contribution in [2.75, 3.05) is 18.2 Å². The molecule has 1 fully saturated rings. The van der Waals surface area contributed by atoms with Crippen LogP contribution in [-0.4, -0.2) is 38.3 Å².